The van der Waals surface area contributed by atoms with Crippen molar-refractivity contribution in [3.63, 3.8) is 0 Å². The number of rotatable bonds is 5. The van der Waals surface area contributed by atoms with Crippen molar-refractivity contribution >= 4 is 33.9 Å². The molecule has 7 heteroatoms. The average molecular weight is 367 g/mol. The third-order valence-electron chi connectivity index (χ3n) is 4.27. The van der Waals surface area contributed by atoms with E-state index in [9.17, 15) is 9.59 Å². The van der Waals surface area contributed by atoms with Gasteiger partial charge in [-0.2, -0.15) is 0 Å². The average Bonchev–Trinajstić information content (AvgIpc) is 3.19. The summed E-state index contributed by atoms with van der Waals surface area (Å²) in [5, 5.41) is 2.73. The number of thioether (sulfide) groups is 1. The lowest BCUT2D eigenvalue weighted by atomic mass is 10.1. The molecule has 1 aliphatic heterocycles. The summed E-state index contributed by atoms with van der Waals surface area (Å²) < 4.78 is 6.00. The van der Waals surface area contributed by atoms with E-state index in [-0.39, 0.29) is 22.5 Å². The zero-order chi connectivity index (χ0) is 18.1. The molecule has 2 unspecified atom stereocenters. The molecule has 132 valence electrons. The van der Waals surface area contributed by atoms with E-state index in [1.807, 2.05) is 49.4 Å². The summed E-state index contributed by atoms with van der Waals surface area (Å²) in [5.74, 6) is 0.522. The van der Waals surface area contributed by atoms with Crippen LogP contribution in [0.5, 0.6) is 5.75 Å². The highest BCUT2D eigenvalue weighted by molar-refractivity contribution is 8.15. The number of nitrogens with zero attached hydrogens (tertiary/aromatic N) is 1. The molecule has 3 heterocycles. The minimum Gasteiger partial charge on any atom is -0.485 e. The molecule has 0 radical (unpaired) electrons. The first-order valence-corrected chi connectivity index (χ1v) is 9.17. The van der Waals surface area contributed by atoms with Crippen LogP contribution in [0.4, 0.5) is 4.79 Å². The Bertz CT molecular complexity index is 935. The van der Waals surface area contributed by atoms with Crippen molar-refractivity contribution in [2.45, 2.75) is 24.7 Å². The van der Waals surface area contributed by atoms with Crippen LogP contribution in [0.2, 0.25) is 0 Å². The maximum atomic E-state index is 11.6. The van der Waals surface area contributed by atoms with Crippen molar-refractivity contribution < 1.29 is 14.3 Å². The number of fused-ring (bicyclic) bond motifs is 1. The first kappa shape index (κ1) is 16.7. The monoisotopic (exact) mass is 367 g/mol. The molecule has 6 nitrogen and oxygen atoms in total. The third kappa shape index (κ3) is 3.43. The van der Waals surface area contributed by atoms with Crippen LogP contribution in [-0.4, -0.2) is 26.4 Å². The molecule has 0 spiro atoms. The molecule has 1 fully saturated rings. The first-order chi connectivity index (χ1) is 12.6. The molecule has 3 aromatic rings. The van der Waals surface area contributed by atoms with Crippen LogP contribution in [0.25, 0.3) is 11.0 Å². The van der Waals surface area contributed by atoms with E-state index in [1.54, 1.807) is 6.20 Å². The Morgan fingerprint density at radius 3 is 2.73 bits per heavy atom. The number of imide groups is 1. The maximum absolute atomic E-state index is 11.6. The number of nitrogens with one attached hydrogen (secondary N) is 2. The van der Waals surface area contributed by atoms with Gasteiger partial charge in [0.25, 0.3) is 5.24 Å². The molecule has 1 aromatic carbocycles. The van der Waals surface area contributed by atoms with E-state index in [0.29, 0.717) is 6.42 Å². The van der Waals surface area contributed by atoms with Gasteiger partial charge in [-0.1, -0.05) is 23.9 Å². The Morgan fingerprint density at radius 1 is 1.23 bits per heavy atom. The van der Waals surface area contributed by atoms with E-state index >= 15 is 0 Å². The molecule has 1 saturated heterocycles. The van der Waals surface area contributed by atoms with Crippen molar-refractivity contribution in [1.29, 1.82) is 0 Å². The zero-order valence-corrected chi connectivity index (χ0v) is 14.9. The number of carbonyl (C=O) groups excluding carboxylic acids is 2. The van der Waals surface area contributed by atoms with Crippen molar-refractivity contribution in [2.24, 2.45) is 0 Å². The number of aromatic nitrogens is 2. The van der Waals surface area contributed by atoms with Crippen LogP contribution in [0.1, 0.15) is 24.3 Å². The fraction of sp³-hybridized carbons (Fsp3) is 0.211. The Kier molecular flexibility index (Phi) is 4.38. The summed E-state index contributed by atoms with van der Waals surface area (Å²) in [4.78, 5) is 30.4. The number of H-pyrrole nitrogens is 1. The molecule has 2 aromatic heterocycles. The first-order valence-electron chi connectivity index (χ1n) is 8.29. The van der Waals surface area contributed by atoms with E-state index in [0.717, 1.165) is 39.8 Å². The van der Waals surface area contributed by atoms with Crippen LogP contribution in [-0.2, 0) is 11.2 Å². The smallest absolute Gasteiger partial charge is 0.286 e. The number of amides is 2. The Hall–Kier alpha value is -2.80. The normalized spacial score (nSPS) is 18.1. The fourth-order valence-corrected chi connectivity index (χ4v) is 3.77. The molecular weight excluding hydrogens is 350 g/mol. The fourth-order valence-electron chi connectivity index (χ4n) is 2.91. The van der Waals surface area contributed by atoms with Crippen LogP contribution < -0.4 is 10.1 Å². The maximum Gasteiger partial charge on any atom is 0.286 e. The van der Waals surface area contributed by atoms with E-state index in [2.05, 4.69) is 15.3 Å². The SMILES string of the molecule is CC(Oc1ccc(CC2SC(=O)NC2=O)cc1)c1cc2cccnc2[nH]1. The Balaban J connectivity index is 1.42. The highest BCUT2D eigenvalue weighted by Gasteiger charge is 2.31. The lowest BCUT2D eigenvalue weighted by Crippen LogP contribution is -2.25. The summed E-state index contributed by atoms with van der Waals surface area (Å²) in [7, 11) is 0. The van der Waals surface area contributed by atoms with Gasteiger partial charge in [0.2, 0.25) is 5.91 Å². The number of carbonyl (C=O) groups is 2. The van der Waals surface area contributed by atoms with Crippen molar-refractivity contribution in [3.8, 4) is 5.75 Å². The molecule has 26 heavy (non-hydrogen) atoms. The molecule has 0 bridgehead atoms. The Morgan fingerprint density at radius 2 is 2.04 bits per heavy atom. The van der Waals surface area contributed by atoms with Gasteiger partial charge in [0.1, 0.15) is 17.5 Å². The minimum absolute atomic E-state index is 0.149. The van der Waals surface area contributed by atoms with Gasteiger partial charge >= 0.3 is 0 Å². The van der Waals surface area contributed by atoms with Crippen LogP contribution >= 0.6 is 11.8 Å². The van der Waals surface area contributed by atoms with Gasteiger partial charge in [0, 0.05) is 11.6 Å². The van der Waals surface area contributed by atoms with Crippen LogP contribution in [0.3, 0.4) is 0 Å². The molecular formula is C19H17N3O3S. The predicted molar refractivity (Wildman–Crippen MR) is 100 cm³/mol. The van der Waals surface area contributed by atoms with E-state index in [1.165, 1.54) is 0 Å². The second kappa shape index (κ2) is 6.84. The number of hydrogen-bond donors (Lipinski definition) is 2. The molecule has 4 rings (SSSR count). The summed E-state index contributed by atoms with van der Waals surface area (Å²) in [6.45, 7) is 1.98. The lowest BCUT2D eigenvalue weighted by molar-refractivity contribution is -0.118. The number of aromatic amines is 1. The van der Waals surface area contributed by atoms with Gasteiger partial charge in [-0.25, -0.2) is 4.98 Å². The zero-order valence-electron chi connectivity index (χ0n) is 14.1. The predicted octanol–water partition coefficient (Wildman–Crippen LogP) is 3.60. The Labute approximate surface area is 154 Å². The second-order valence-electron chi connectivity index (χ2n) is 6.16. The van der Waals surface area contributed by atoms with Gasteiger partial charge < -0.3 is 9.72 Å². The summed E-state index contributed by atoms with van der Waals surface area (Å²) in [6.07, 6.45) is 2.12. The van der Waals surface area contributed by atoms with Crippen molar-refractivity contribution in [1.82, 2.24) is 15.3 Å². The summed E-state index contributed by atoms with van der Waals surface area (Å²) in [5.41, 5.74) is 2.79. The van der Waals surface area contributed by atoms with Gasteiger partial charge in [0.15, 0.2) is 0 Å². The topological polar surface area (TPSA) is 84.1 Å². The molecule has 0 saturated carbocycles. The standard InChI is InChI=1S/C19H17N3O3S/c1-11(15-10-13-3-2-8-20-17(13)21-15)25-14-6-4-12(5-7-14)9-16-18(23)22-19(24)26-16/h2-8,10-11,16H,9H2,1H3,(H,20,21)(H,22,23,24). The largest absolute Gasteiger partial charge is 0.485 e. The number of ether oxygens (including phenoxy) is 1. The third-order valence-corrected chi connectivity index (χ3v) is 5.26. The van der Waals surface area contributed by atoms with Gasteiger partial charge in [-0.05, 0) is 49.2 Å². The number of benzene rings is 1. The number of pyridine rings is 1. The summed E-state index contributed by atoms with van der Waals surface area (Å²) in [6, 6.07) is 13.6. The molecule has 1 aliphatic rings. The quantitative estimate of drug-likeness (QED) is 0.720. The highest BCUT2D eigenvalue weighted by atomic mass is 32.2. The number of hydrogen-bond acceptors (Lipinski definition) is 5. The second-order valence-corrected chi connectivity index (χ2v) is 7.33. The van der Waals surface area contributed by atoms with Crippen molar-refractivity contribution in [3.05, 3.63) is 59.9 Å². The summed E-state index contributed by atoms with van der Waals surface area (Å²) >= 11 is 1.04. The molecule has 2 amide bonds. The molecule has 2 N–H and O–H groups in total. The van der Waals surface area contributed by atoms with Crippen molar-refractivity contribution in [2.75, 3.05) is 0 Å². The van der Waals surface area contributed by atoms with E-state index < -0.39 is 0 Å². The lowest BCUT2D eigenvalue weighted by Gasteiger charge is -2.14. The van der Waals surface area contributed by atoms with Crippen LogP contribution in [0, 0.1) is 0 Å². The van der Waals surface area contributed by atoms with Gasteiger partial charge in [0.05, 0.1) is 10.9 Å². The van der Waals surface area contributed by atoms with Crippen LogP contribution in [0.15, 0.2) is 48.7 Å². The molecule has 2 atom stereocenters. The van der Waals surface area contributed by atoms with Gasteiger partial charge in [-0.15, -0.1) is 0 Å². The van der Waals surface area contributed by atoms with Gasteiger partial charge in [-0.3, -0.25) is 14.9 Å². The minimum atomic E-state index is -0.355. The molecule has 0 aliphatic carbocycles. The highest BCUT2D eigenvalue weighted by Crippen LogP contribution is 2.26. The van der Waals surface area contributed by atoms with E-state index in [4.69, 9.17) is 4.74 Å².